The summed E-state index contributed by atoms with van der Waals surface area (Å²) in [5.41, 5.74) is 4.14. The van der Waals surface area contributed by atoms with Crippen molar-refractivity contribution in [2.24, 2.45) is 0 Å². The number of aldehydes is 1. The van der Waals surface area contributed by atoms with Crippen molar-refractivity contribution in [2.75, 3.05) is 31.2 Å². The van der Waals surface area contributed by atoms with E-state index in [2.05, 4.69) is 14.9 Å². The Hall–Kier alpha value is -3.78. The number of hydrogen-bond donors (Lipinski definition) is 1. The average Bonchev–Trinajstić information content (AvgIpc) is 3.31. The van der Waals surface area contributed by atoms with Gasteiger partial charge in [-0.2, -0.15) is 0 Å². The minimum atomic E-state index is 0.497. The zero-order valence-electron chi connectivity index (χ0n) is 16.7. The summed E-state index contributed by atoms with van der Waals surface area (Å²) in [5, 5.41) is 1.07. The van der Waals surface area contributed by atoms with Gasteiger partial charge in [0.25, 0.3) is 0 Å². The summed E-state index contributed by atoms with van der Waals surface area (Å²) in [6.45, 7) is 2.73. The van der Waals surface area contributed by atoms with Crippen LogP contribution in [-0.4, -0.2) is 52.5 Å². The molecule has 8 heteroatoms. The lowest BCUT2D eigenvalue weighted by molar-refractivity contribution is 0.112. The van der Waals surface area contributed by atoms with E-state index >= 15 is 0 Å². The van der Waals surface area contributed by atoms with Gasteiger partial charge in [0, 0.05) is 59.5 Å². The maximum Gasteiger partial charge on any atom is 0.223 e. The third-order valence-electron chi connectivity index (χ3n) is 5.70. The molecule has 0 unspecified atom stereocenters. The standard InChI is InChI=1S/C23H19N5O3/c29-13-14-10-15-11-19-20(31-23(15)25-12-14)22(28-6-8-30-9-7-28)27-21(26-19)17-2-1-3-18-16(17)4-5-24-18/h1-5,10,12-13,24H,6-9,11H2. The molecular weight excluding hydrogens is 394 g/mol. The first-order valence-electron chi connectivity index (χ1n) is 10.2. The molecule has 31 heavy (non-hydrogen) atoms. The Morgan fingerprint density at radius 3 is 2.90 bits per heavy atom. The maximum absolute atomic E-state index is 11.2. The quantitative estimate of drug-likeness (QED) is 0.453. The molecular formula is C23H19N5O3. The first-order valence-corrected chi connectivity index (χ1v) is 10.2. The van der Waals surface area contributed by atoms with Crippen LogP contribution in [-0.2, 0) is 11.2 Å². The van der Waals surface area contributed by atoms with Crippen LogP contribution in [0.15, 0.2) is 42.7 Å². The highest BCUT2D eigenvalue weighted by atomic mass is 16.5. The van der Waals surface area contributed by atoms with Gasteiger partial charge in [0.2, 0.25) is 5.88 Å². The van der Waals surface area contributed by atoms with E-state index in [1.807, 2.05) is 30.5 Å². The van der Waals surface area contributed by atoms with Gasteiger partial charge in [0.15, 0.2) is 23.7 Å². The molecule has 1 aromatic carbocycles. The summed E-state index contributed by atoms with van der Waals surface area (Å²) < 4.78 is 11.7. The number of H-pyrrole nitrogens is 1. The number of ether oxygens (including phenoxy) is 2. The fourth-order valence-electron chi connectivity index (χ4n) is 4.17. The lowest BCUT2D eigenvalue weighted by atomic mass is 10.0. The van der Waals surface area contributed by atoms with E-state index in [-0.39, 0.29) is 0 Å². The number of fused-ring (bicyclic) bond motifs is 3. The van der Waals surface area contributed by atoms with Crippen molar-refractivity contribution >= 4 is 23.0 Å². The molecule has 8 nitrogen and oxygen atoms in total. The number of carbonyl (C=O) groups is 1. The van der Waals surface area contributed by atoms with Crippen LogP contribution in [0.25, 0.3) is 22.3 Å². The van der Waals surface area contributed by atoms with E-state index in [1.54, 1.807) is 6.07 Å². The molecule has 2 aliphatic rings. The zero-order valence-corrected chi connectivity index (χ0v) is 16.7. The molecule has 0 radical (unpaired) electrons. The van der Waals surface area contributed by atoms with Gasteiger partial charge in [-0.25, -0.2) is 15.0 Å². The third kappa shape index (κ3) is 3.03. The van der Waals surface area contributed by atoms with E-state index in [0.717, 1.165) is 52.9 Å². The highest BCUT2D eigenvalue weighted by molar-refractivity contribution is 5.93. The van der Waals surface area contributed by atoms with Gasteiger partial charge >= 0.3 is 0 Å². The van der Waals surface area contributed by atoms with Gasteiger partial charge < -0.3 is 19.4 Å². The van der Waals surface area contributed by atoms with Crippen LogP contribution in [0, 0.1) is 0 Å². The van der Waals surface area contributed by atoms with Crippen molar-refractivity contribution in [3.63, 3.8) is 0 Å². The molecule has 0 amide bonds. The van der Waals surface area contributed by atoms with E-state index in [1.165, 1.54) is 6.20 Å². The minimum absolute atomic E-state index is 0.497. The zero-order chi connectivity index (χ0) is 20.8. The van der Waals surface area contributed by atoms with Crippen molar-refractivity contribution < 1.29 is 14.3 Å². The van der Waals surface area contributed by atoms with Crippen LogP contribution in [0.1, 0.15) is 21.6 Å². The minimum Gasteiger partial charge on any atom is -0.433 e. The van der Waals surface area contributed by atoms with Crippen LogP contribution in [0.5, 0.6) is 11.6 Å². The Morgan fingerprint density at radius 2 is 2.03 bits per heavy atom. The topological polar surface area (TPSA) is 93.2 Å². The number of nitrogens with one attached hydrogen (secondary N) is 1. The van der Waals surface area contributed by atoms with Crippen molar-refractivity contribution in [2.45, 2.75) is 6.42 Å². The molecule has 2 aliphatic heterocycles. The number of aromatic nitrogens is 4. The smallest absolute Gasteiger partial charge is 0.223 e. The molecule has 0 atom stereocenters. The Bertz CT molecular complexity index is 1310. The monoisotopic (exact) mass is 413 g/mol. The second kappa shape index (κ2) is 7.17. The number of hydrogen-bond acceptors (Lipinski definition) is 7. The van der Waals surface area contributed by atoms with Crippen molar-refractivity contribution in [1.29, 1.82) is 0 Å². The first kappa shape index (κ1) is 18.0. The molecule has 0 spiro atoms. The van der Waals surface area contributed by atoms with E-state index in [9.17, 15) is 4.79 Å². The van der Waals surface area contributed by atoms with Gasteiger partial charge in [0.05, 0.1) is 18.9 Å². The van der Waals surface area contributed by atoms with Crippen LogP contribution in [0.2, 0.25) is 0 Å². The molecule has 1 fully saturated rings. The van der Waals surface area contributed by atoms with Gasteiger partial charge in [0.1, 0.15) is 0 Å². The predicted molar refractivity (Wildman–Crippen MR) is 115 cm³/mol. The number of nitrogens with zero attached hydrogens (tertiary/aromatic N) is 4. The Labute approximate surface area is 177 Å². The number of benzene rings is 1. The van der Waals surface area contributed by atoms with Gasteiger partial charge in [-0.15, -0.1) is 0 Å². The Morgan fingerprint density at radius 1 is 1.13 bits per heavy atom. The molecule has 6 rings (SSSR count). The highest BCUT2D eigenvalue weighted by Crippen LogP contribution is 2.42. The number of rotatable bonds is 3. The number of carbonyl (C=O) groups excluding carboxylic acids is 1. The van der Waals surface area contributed by atoms with Crippen LogP contribution in [0.3, 0.4) is 0 Å². The number of aromatic amines is 1. The normalized spacial score (nSPS) is 15.3. The summed E-state index contributed by atoms with van der Waals surface area (Å²) in [7, 11) is 0. The summed E-state index contributed by atoms with van der Waals surface area (Å²) in [5.74, 6) is 2.53. The summed E-state index contributed by atoms with van der Waals surface area (Å²) in [6.07, 6.45) is 4.75. The summed E-state index contributed by atoms with van der Waals surface area (Å²) in [4.78, 5) is 30.8. The van der Waals surface area contributed by atoms with Crippen LogP contribution in [0.4, 0.5) is 5.82 Å². The molecule has 1 saturated heterocycles. The van der Waals surface area contributed by atoms with Gasteiger partial charge in [-0.05, 0) is 18.2 Å². The maximum atomic E-state index is 11.2. The second-order valence-corrected chi connectivity index (χ2v) is 7.62. The Balaban J connectivity index is 1.53. The molecule has 5 heterocycles. The van der Waals surface area contributed by atoms with E-state index in [0.29, 0.717) is 42.7 Å². The van der Waals surface area contributed by atoms with Crippen molar-refractivity contribution in [1.82, 2.24) is 19.9 Å². The number of pyridine rings is 1. The van der Waals surface area contributed by atoms with Gasteiger partial charge in [-0.1, -0.05) is 12.1 Å². The lowest BCUT2D eigenvalue weighted by Gasteiger charge is -2.31. The van der Waals surface area contributed by atoms with Crippen molar-refractivity contribution in [3.05, 3.63) is 59.5 Å². The summed E-state index contributed by atoms with van der Waals surface area (Å²) in [6, 6.07) is 9.91. The first-order chi connectivity index (χ1) is 15.3. The molecule has 0 saturated carbocycles. The lowest BCUT2D eigenvalue weighted by Crippen LogP contribution is -2.37. The molecule has 154 valence electrons. The number of anilines is 1. The van der Waals surface area contributed by atoms with E-state index in [4.69, 9.17) is 19.4 Å². The molecule has 3 aromatic heterocycles. The molecule has 0 aliphatic carbocycles. The van der Waals surface area contributed by atoms with E-state index < -0.39 is 0 Å². The molecule has 4 aromatic rings. The largest absolute Gasteiger partial charge is 0.433 e. The average molecular weight is 413 g/mol. The highest BCUT2D eigenvalue weighted by Gasteiger charge is 2.29. The fourth-order valence-corrected chi connectivity index (χ4v) is 4.17. The predicted octanol–water partition coefficient (Wildman–Crippen LogP) is 3.37. The third-order valence-corrected chi connectivity index (χ3v) is 5.70. The summed E-state index contributed by atoms with van der Waals surface area (Å²) >= 11 is 0. The number of morpholine rings is 1. The van der Waals surface area contributed by atoms with Crippen molar-refractivity contribution in [3.8, 4) is 23.0 Å². The van der Waals surface area contributed by atoms with Crippen LogP contribution < -0.4 is 9.64 Å². The molecule has 1 N–H and O–H groups in total. The second-order valence-electron chi connectivity index (χ2n) is 7.62. The molecule has 0 bridgehead atoms. The fraction of sp³-hybridized carbons (Fsp3) is 0.217. The Kier molecular flexibility index (Phi) is 4.17. The van der Waals surface area contributed by atoms with Gasteiger partial charge in [-0.3, -0.25) is 4.79 Å². The SMILES string of the molecule is O=Cc1cnc2c(c1)Cc1nc(-c3cccc4[nH]ccc34)nc(N3CCOCC3)c1O2. The van der Waals surface area contributed by atoms with Crippen LogP contribution >= 0.6 is 0 Å².